The highest BCUT2D eigenvalue weighted by Crippen LogP contribution is 2.46. The van der Waals surface area contributed by atoms with Crippen molar-refractivity contribution in [2.24, 2.45) is 11.8 Å². The number of aliphatic carboxylic acids is 1. The molecule has 2 N–H and O–H groups in total. The second-order valence-electron chi connectivity index (χ2n) is 12.2. The molecule has 4 aromatic rings. The Morgan fingerprint density at radius 3 is 2.48 bits per heavy atom. The maximum Gasteiger partial charge on any atom is 0.333 e. The smallest absolute Gasteiger partial charge is 0.333 e. The molecule has 3 heterocycles. The van der Waals surface area contributed by atoms with E-state index in [1.54, 1.807) is 6.92 Å². The molecule has 1 aromatic carbocycles. The number of ether oxygens (including phenoxy) is 1. The summed E-state index contributed by atoms with van der Waals surface area (Å²) >= 11 is 1.22. The largest absolute Gasteiger partial charge is 0.480 e. The Morgan fingerprint density at radius 2 is 1.86 bits per heavy atom. The van der Waals surface area contributed by atoms with Crippen molar-refractivity contribution in [1.29, 1.82) is 0 Å². The van der Waals surface area contributed by atoms with Gasteiger partial charge >= 0.3 is 11.7 Å². The number of carboxylic acids is 1. The maximum absolute atomic E-state index is 14.2. The van der Waals surface area contributed by atoms with Crippen LogP contribution in [0.1, 0.15) is 62.3 Å². The summed E-state index contributed by atoms with van der Waals surface area (Å²) in [5, 5.41) is 20.4. The van der Waals surface area contributed by atoms with Crippen molar-refractivity contribution >= 4 is 27.5 Å². The molecule has 3 aromatic heterocycles. The molecular formula is C31H35N3O7S. The first-order valence-corrected chi connectivity index (χ1v) is 15.1. The fourth-order valence-corrected chi connectivity index (χ4v) is 8.08. The molecule has 0 spiro atoms. The summed E-state index contributed by atoms with van der Waals surface area (Å²) in [6.45, 7) is 6.54. The van der Waals surface area contributed by atoms with Gasteiger partial charge in [0.1, 0.15) is 22.7 Å². The van der Waals surface area contributed by atoms with Crippen LogP contribution >= 0.6 is 11.3 Å². The monoisotopic (exact) mass is 593 g/mol. The van der Waals surface area contributed by atoms with Gasteiger partial charge in [-0.2, -0.15) is 0 Å². The Balaban J connectivity index is 1.52. The average Bonchev–Trinajstić information content (AvgIpc) is 3.70. The normalized spacial score (nSPS) is 23.0. The molecule has 11 heteroatoms. The number of benzene rings is 1. The van der Waals surface area contributed by atoms with Gasteiger partial charge in [-0.1, -0.05) is 24.3 Å². The van der Waals surface area contributed by atoms with Gasteiger partial charge in [0.2, 0.25) is 5.89 Å². The summed E-state index contributed by atoms with van der Waals surface area (Å²) < 4.78 is 14.7. The molecule has 222 valence electrons. The summed E-state index contributed by atoms with van der Waals surface area (Å²) in [5.41, 5.74) is -0.686. The number of aliphatic hydroxyl groups excluding tert-OH is 1. The molecule has 0 aliphatic heterocycles. The van der Waals surface area contributed by atoms with Crippen LogP contribution in [0.5, 0.6) is 0 Å². The van der Waals surface area contributed by atoms with Crippen LogP contribution < -0.4 is 11.2 Å². The van der Waals surface area contributed by atoms with E-state index in [-0.39, 0.29) is 24.1 Å². The van der Waals surface area contributed by atoms with Crippen molar-refractivity contribution in [2.75, 3.05) is 0 Å². The van der Waals surface area contributed by atoms with Gasteiger partial charge in [0.25, 0.3) is 5.56 Å². The topological polar surface area (TPSA) is 137 Å². The lowest BCUT2D eigenvalue weighted by Gasteiger charge is -2.27. The second-order valence-corrected chi connectivity index (χ2v) is 13.2. The highest BCUT2D eigenvalue weighted by atomic mass is 32.1. The number of oxazole rings is 1. The van der Waals surface area contributed by atoms with Gasteiger partial charge in [0.05, 0.1) is 35.2 Å². The number of carboxylic acid groups (broad SMARTS) is 1. The molecule has 42 heavy (non-hydrogen) atoms. The third kappa shape index (κ3) is 4.73. The molecule has 2 aliphatic carbocycles. The minimum atomic E-state index is -1.80. The predicted molar refractivity (Wildman–Crippen MR) is 158 cm³/mol. The zero-order valence-corrected chi connectivity index (χ0v) is 24.9. The van der Waals surface area contributed by atoms with E-state index in [9.17, 15) is 24.6 Å². The van der Waals surface area contributed by atoms with Crippen molar-refractivity contribution in [3.05, 3.63) is 74.3 Å². The Labute approximate surface area is 246 Å². The van der Waals surface area contributed by atoms with E-state index in [2.05, 4.69) is 4.98 Å². The van der Waals surface area contributed by atoms with Crippen molar-refractivity contribution in [3.8, 4) is 10.8 Å². The van der Waals surface area contributed by atoms with Crippen LogP contribution in [0.25, 0.3) is 21.0 Å². The number of rotatable bonds is 8. The number of aromatic nitrogens is 3. The predicted octanol–water partition coefficient (Wildman–Crippen LogP) is 4.62. The van der Waals surface area contributed by atoms with Crippen LogP contribution in [0.2, 0.25) is 0 Å². The molecule has 2 fully saturated rings. The van der Waals surface area contributed by atoms with E-state index in [0.29, 0.717) is 33.0 Å². The zero-order valence-electron chi connectivity index (χ0n) is 24.1. The molecule has 2 saturated carbocycles. The molecule has 10 nitrogen and oxygen atoms in total. The van der Waals surface area contributed by atoms with E-state index in [4.69, 9.17) is 9.15 Å². The van der Waals surface area contributed by atoms with Crippen molar-refractivity contribution in [3.63, 3.8) is 0 Å². The van der Waals surface area contributed by atoms with Crippen molar-refractivity contribution < 1.29 is 24.2 Å². The minimum absolute atomic E-state index is 0.0439. The third-order valence-corrected chi connectivity index (χ3v) is 10.4. The van der Waals surface area contributed by atoms with E-state index >= 15 is 0 Å². The first-order valence-electron chi connectivity index (χ1n) is 14.3. The Morgan fingerprint density at radius 1 is 1.17 bits per heavy atom. The lowest BCUT2D eigenvalue weighted by Crippen LogP contribution is -2.52. The molecular weight excluding hydrogens is 558 g/mol. The number of thiophene rings is 1. The minimum Gasteiger partial charge on any atom is -0.480 e. The molecule has 2 aliphatic rings. The lowest BCUT2D eigenvalue weighted by molar-refractivity contribution is -0.146. The lowest BCUT2D eigenvalue weighted by atomic mass is 10.0. The Hall–Kier alpha value is -3.54. The second kappa shape index (κ2) is 10.6. The van der Waals surface area contributed by atoms with Gasteiger partial charge < -0.3 is 19.4 Å². The molecule has 2 unspecified atom stereocenters. The fraction of sp³-hybridized carbons (Fsp3) is 0.484. The number of fused-ring (bicyclic) bond motifs is 2. The molecule has 6 rings (SSSR count). The van der Waals surface area contributed by atoms with Crippen LogP contribution in [0, 0.1) is 25.7 Å². The van der Waals surface area contributed by atoms with E-state index in [0.717, 1.165) is 41.4 Å². The number of aliphatic hydroxyl groups is 1. The van der Waals surface area contributed by atoms with Crippen molar-refractivity contribution in [2.45, 2.75) is 83.8 Å². The summed E-state index contributed by atoms with van der Waals surface area (Å²) in [6, 6.07) is 7.86. The van der Waals surface area contributed by atoms with Gasteiger partial charge in [-0.25, -0.2) is 19.1 Å². The first-order chi connectivity index (χ1) is 20.0. The molecule has 0 radical (unpaired) electrons. The van der Waals surface area contributed by atoms with Gasteiger partial charge in [-0.15, -0.1) is 11.3 Å². The van der Waals surface area contributed by atoms with Crippen LogP contribution in [-0.2, 0) is 21.6 Å². The summed E-state index contributed by atoms with van der Waals surface area (Å²) in [6.07, 6.45) is 5.37. The Bertz CT molecular complexity index is 1750. The van der Waals surface area contributed by atoms with Crippen LogP contribution in [-0.4, -0.2) is 42.5 Å². The first kappa shape index (κ1) is 28.6. The number of aryl methyl sites for hydroxylation is 2. The van der Waals surface area contributed by atoms with Gasteiger partial charge in [0.15, 0.2) is 0 Å². The number of carbonyl (C=O) groups is 1. The summed E-state index contributed by atoms with van der Waals surface area (Å²) in [7, 11) is 0. The van der Waals surface area contributed by atoms with Crippen LogP contribution in [0.15, 0.2) is 50.7 Å². The molecule has 0 bridgehead atoms. The fourth-order valence-electron chi connectivity index (χ4n) is 6.84. The van der Waals surface area contributed by atoms with Crippen LogP contribution in [0.4, 0.5) is 0 Å². The Kier molecular flexibility index (Phi) is 7.23. The third-order valence-electron chi connectivity index (χ3n) is 9.11. The van der Waals surface area contributed by atoms with Gasteiger partial charge in [-0.3, -0.25) is 9.36 Å². The van der Waals surface area contributed by atoms with Crippen molar-refractivity contribution in [1.82, 2.24) is 14.1 Å². The molecule has 0 amide bonds. The SMILES string of the molecule is Cc1ccccc1C(Cn1c(=O)n(C(C)(C)C(=O)O)c(=O)c2c(C)c(-c3ncco3)sc21)O[C@H]1CC2C[C@@H](O)C[C@H]2C1. The number of nitrogens with zero attached hydrogens (tertiary/aromatic N) is 3. The summed E-state index contributed by atoms with van der Waals surface area (Å²) in [4.78, 5) is 45.7. The molecule has 5 atom stereocenters. The highest BCUT2D eigenvalue weighted by molar-refractivity contribution is 7.22. The van der Waals surface area contributed by atoms with E-state index in [1.807, 2.05) is 31.2 Å². The number of hydrogen-bond acceptors (Lipinski definition) is 8. The quantitative estimate of drug-likeness (QED) is 0.302. The van der Waals surface area contributed by atoms with Gasteiger partial charge in [-0.05, 0) is 81.9 Å². The van der Waals surface area contributed by atoms with Crippen LogP contribution in [0.3, 0.4) is 0 Å². The average molecular weight is 594 g/mol. The summed E-state index contributed by atoms with van der Waals surface area (Å²) in [5.74, 6) is -0.139. The zero-order chi connectivity index (χ0) is 29.9. The number of hydrogen-bond donors (Lipinski definition) is 2. The standard InChI is InChI=1S/C31H35N3O7S/c1-16-7-5-6-8-22(16)23(41-21-13-18-11-20(35)12-19(18)14-21)15-33-28-24(17(2)25(42-28)26-32-9-10-40-26)27(36)34(30(33)39)31(3,4)29(37)38/h5-10,18-21,23,35H,11-15H2,1-4H3,(H,37,38)/t18-,19?,20-,21+,23?/m0/s1. The van der Waals surface area contributed by atoms with E-state index in [1.165, 1.54) is 42.2 Å². The highest BCUT2D eigenvalue weighted by Gasteiger charge is 2.43. The maximum atomic E-state index is 14.2. The van der Waals surface area contributed by atoms with Gasteiger partial charge in [0, 0.05) is 0 Å². The molecule has 0 saturated heterocycles. The van der Waals surface area contributed by atoms with E-state index < -0.39 is 28.9 Å².